The quantitative estimate of drug-likeness (QED) is 0.847. The van der Waals surface area contributed by atoms with Crippen LogP contribution in [0.25, 0.3) is 11.1 Å². The summed E-state index contributed by atoms with van der Waals surface area (Å²) in [4.78, 5) is 4.33. The molecule has 1 unspecified atom stereocenters. The lowest BCUT2D eigenvalue weighted by Gasteiger charge is -2.12. The van der Waals surface area contributed by atoms with Crippen molar-refractivity contribution >= 4 is 16.8 Å². The molecule has 3 heteroatoms. The van der Waals surface area contributed by atoms with Gasteiger partial charge in [-0.25, -0.2) is 4.98 Å². The monoisotopic (exact) mass is 232 g/mol. The van der Waals surface area contributed by atoms with Crippen LogP contribution < -0.4 is 5.32 Å². The fourth-order valence-electron chi connectivity index (χ4n) is 2.04. The van der Waals surface area contributed by atoms with Gasteiger partial charge >= 0.3 is 0 Å². The fraction of sp³-hybridized carbons (Fsp3) is 0.500. The molecule has 0 aliphatic rings. The molecule has 0 saturated carbocycles. The minimum absolute atomic E-state index is 0.703. The van der Waals surface area contributed by atoms with E-state index >= 15 is 0 Å². The summed E-state index contributed by atoms with van der Waals surface area (Å²) in [5.74, 6) is 1.42. The first-order chi connectivity index (χ1) is 8.19. The SMILES string of the molecule is CCCC(C)CNc1ccc2oc(C)nc2c1. The first kappa shape index (κ1) is 12.0. The maximum atomic E-state index is 5.45. The number of fused-ring (bicyclic) bond motifs is 1. The molecule has 92 valence electrons. The molecule has 17 heavy (non-hydrogen) atoms. The van der Waals surface area contributed by atoms with Gasteiger partial charge in [-0.15, -0.1) is 0 Å². The number of oxazole rings is 1. The molecule has 1 heterocycles. The van der Waals surface area contributed by atoms with E-state index in [1.807, 2.05) is 25.1 Å². The molecule has 0 aliphatic carbocycles. The van der Waals surface area contributed by atoms with Gasteiger partial charge in [0, 0.05) is 19.2 Å². The molecule has 0 bridgehead atoms. The van der Waals surface area contributed by atoms with Crippen molar-refractivity contribution in [3.63, 3.8) is 0 Å². The Balaban J connectivity index is 2.03. The van der Waals surface area contributed by atoms with Crippen molar-refractivity contribution in [1.82, 2.24) is 4.98 Å². The standard InChI is InChI=1S/C14H20N2O/c1-4-5-10(2)9-15-12-6-7-14-13(8-12)16-11(3)17-14/h6-8,10,15H,4-5,9H2,1-3H3. The van der Waals surface area contributed by atoms with E-state index in [2.05, 4.69) is 24.1 Å². The summed E-state index contributed by atoms with van der Waals surface area (Å²) in [5, 5.41) is 3.45. The van der Waals surface area contributed by atoms with Gasteiger partial charge in [0.1, 0.15) is 5.52 Å². The first-order valence-corrected chi connectivity index (χ1v) is 6.30. The number of rotatable bonds is 5. The van der Waals surface area contributed by atoms with E-state index in [9.17, 15) is 0 Å². The summed E-state index contributed by atoms with van der Waals surface area (Å²) in [6, 6.07) is 6.07. The lowest BCUT2D eigenvalue weighted by molar-refractivity contribution is 0.551. The highest BCUT2D eigenvalue weighted by atomic mass is 16.3. The molecular weight excluding hydrogens is 212 g/mol. The Hall–Kier alpha value is -1.51. The van der Waals surface area contributed by atoms with Gasteiger partial charge in [0.05, 0.1) is 0 Å². The minimum Gasteiger partial charge on any atom is -0.441 e. The van der Waals surface area contributed by atoms with Crippen LogP contribution in [0.15, 0.2) is 22.6 Å². The second kappa shape index (κ2) is 5.21. The smallest absolute Gasteiger partial charge is 0.192 e. The molecule has 2 aromatic rings. The van der Waals surface area contributed by atoms with Crippen LogP contribution >= 0.6 is 0 Å². The van der Waals surface area contributed by atoms with Crippen molar-refractivity contribution in [3.05, 3.63) is 24.1 Å². The van der Waals surface area contributed by atoms with Crippen LogP contribution in [0, 0.1) is 12.8 Å². The Morgan fingerprint density at radius 2 is 2.24 bits per heavy atom. The largest absolute Gasteiger partial charge is 0.441 e. The second-order valence-corrected chi connectivity index (χ2v) is 4.69. The number of hydrogen-bond acceptors (Lipinski definition) is 3. The predicted octanol–water partition coefficient (Wildman–Crippen LogP) is 3.98. The summed E-state index contributed by atoms with van der Waals surface area (Å²) < 4.78 is 5.45. The van der Waals surface area contributed by atoms with Crippen LogP contribution in [0.3, 0.4) is 0 Å². The second-order valence-electron chi connectivity index (χ2n) is 4.69. The summed E-state index contributed by atoms with van der Waals surface area (Å²) >= 11 is 0. The lowest BCUT2D eigenvalue weighted by Crippen LogP contribution is -2.10. The molecule has 3 nitrogen and oxygen atoms in total. The molecule has 0 saturated heterocycles. The van der Waals surface area contributed by atoms with Crippen molar-refractivity contribution in [2.45, 2.75) is 33.6 Å². The van der Waals surface area contributed by atoms with Crippen LogP contribution in [0.2, 0.25) is 0 Å². The van der Waals surface area contributed by atoms with Gasteiger partial charge in [0.2, 0.25) is 0 Å². The molecule has 1 aromatic carbocycles. The number of anilines is 1. The summed E-state index contributed by atoms with van der Waals surface area (Å²) in [5.41, 5.74) is 2.90. The van der Waals surface area contributed by atoms with Gasteiger partial charge in [0.15, 0.2) is 11.5 Å². The molecule has 1 N–H and O–H groups in total. The molecular formula is C14H20N2O. The molecule has 0 spiro atoms. The molecule has 0 fully saturated rings. The topological polar surface area (TPSA) is 38.1 Å². The van der Waals surface area contributed by atoms with Crippen molar-refractivity contribution in [3.8, 4) is 0 Å². The van der Waals surface area contributed by atoms with E-state index in [0.29, 0.717) is 5.92 Å². The van der Waals surface area contributed by atoms with Crippen LogP contribution in [-0.4, -0.2) is 11.5 Å². The third kappa shape index (κ3) is 2.99. The summed E-state index contributed by atoms with van der Waals surface area (Å²) in [6.07, 6.45) is 2.50. The Bertz CT molecular complexity index is 490. The maximum absolute atomic E-state index is 5.45. The van der Waals surface area contributed by atoms with Gasteiger partial charge in [-0.3, -0.25) is 0 Å². The van der Waals surface area contributed by atoms with Crippen LogP contribution in [0.4, 0.5) is 5.69 Å². The third-order valence-corrected chi connectivity index (χ3v) is 2.93. The molecule has 0 amide bonds. The molecule has 1 atom stereocenters. The fourth-order valence-corrected chi connectivity index (χ4v) is 2.04. The van der Waals surface area contributed by atoms with E-state index in [4.69, 9.17) is 4.42 Å². The van der Waals surface area contributed by atoms with E-state index in [-0.39, 0.29) is 0 Å². The van der Waals surface area contributed by atoms with Crippen molar-refractivity contribution in [1.29, 1.82) is 0 Å². The van der Waals surface area contributed by atoms with Gasteiger partial charge in [0.25, 0.3) is 0 Å². The summed E-state index contributed by atoms with van der Waals surface area (Å²) in [6.45, 7) is 7.38. The lowest BCUT2D eigenvalue weighted by atomic mass is 10.1. The molecule has 2 rings (SSSR count). The normalized spacial score (nSPS) is 12.9. The number of aromatic nitrogens is 1. The number of hydrogen-bond donors (Lipinski definition) is 1. The number of nitrogens with zero attached hydrogens (tertiary/aromatic N) is 1. The Morgan fingerprint density at radius 1 is 1.41 bits per heavy atom. The van der Waals surface area contributed by atoms with E-state index in [1.165, 1.54) is 12.8 Å². The Labute approximate surface area is 102 Å². The van der Waals surface area contributed by atoms with Crippen molar-refractivity contribution < 1.29 is 4.42 Å². The molecule has 0 aliphatic heterocycles. The third-order valence-electron chi connectivity index (χ3n) is 2.93. The van der Waals surface area contributed by atoms with Crippen molar-refractivity contribution in [2.24, 2.45) is 5.92 Å². The van der Waals surface area contributed by atoms with Crippen LogP contribution in [-0.2, 0) is 0 Å². The Kier molecular flexibility index (Phi) is 3.67. The predicted molar refractivity (Wildman–Crippen MR) is 71.3 cm³/mol. The van der Waals surface area contributed by atoms with Gasteiger partial charge < -0.3 is 9.73 Å². The maximum Gasteiger partial charge on any atom is 0.192 e. The average Bonchev–Trinajstić information content (AvgIpc) is 2.66. The minimum atomic E-state index is 0.703. The summed E-state index contributed by atoms with van der Waals surface area (Å²) in [7, 11) is 0. The molecule has 1 aromatic heterocycles. The number of benzene rings is 1. The first-order valence-electron chi connectivity index (χ1n) is 6.30. The zero-order valence-corrected chi connectivity index (χ0v) is 10.8. The van der Waals surface area contributed by atoms with E-state index in [0.717, 1.165) is 29.2 Å². The van der Waals surface area contributed by atoms with Crippen molar-refractivity contribution in [2.75, 3.05) is 11.9 Å². The van der Waals surface area contributed by atoms with Gasteiger partial charge in [-0.05, 0) is 30.5 Å². The Morgan fingerprint density at radius 3 is 3.00 bits per heavy atom. The average molecular weight is 232 g/mol. The van der Waals surface area contributed by atoms with Gasteiger partial charge in [-0.1, -0.05) is 20.3 Å². The van der Waals surface area contributed by atoms with E-state index in [1.54, 1.807) is 0 Å². The van der Waals surface area contributed by atoms with Gasteiger partial charge in [-0.2, -0.15) is 0 Å². The van der Waals surface area contributed by atoms with E-state index < -0.39 is 0 Å². The highest BCUT2D eigenvalue weighted by molar-refractivity contribution is 5.77. The van der Waals surface area contributed by atoms with Crippen LogP contribution in [0.5, 0.6) is 0 Å². The highest BCUT2D eigenvalue weighted by Gasteiger charge is 2.04. The number of nitrogens with one attached hydrogen (secondary N) is 1. The zero-order valence-electron chi connectivity index (χ0n) is 10.8. The van der Waals surface area contributed by atoms with Crippen LogP contribution in [0.1, 0.15) is 32.6 Å². The zero-order chi connectivity index (χ0) is 12.3. The highest BCUT2D eigenvalue weighted by Crippen LogP contribution is 2.20. The number of aryl methyl sites for hydroxylation is 1. The molecule has 0 radical (unpaired) electrons.